The predicted molar refractivity (Wildman–Crippen MR) is 92.4 cm³/mol. The van der Waals surface area contributed by atoms with Crippen molar-refractivity contribution in [1.82, 2.24) is 0 Å². The van der Waals surface area contributed by atoms with Gasteiger partial charge < -0.3 is 10.1 Å². The van der Waals surface area contributed by atoms with Crippen molar-refractivity contribution in [2.75, 3.05) is 11.9 Å². The Bertz CT molecular complexity index is 677. The minimum Gasteiger partial charge on any atom is -0.493 e. The van der Waals surface area contributed by atoms with Gasteiger partial charge in [-0.2, -0.15) is 0 Å². The van der Waals surface area contributed by atoms with Crippen LogP contribution in [0, 0.1) is 0 Å². The molecule has 0 heterocycles. The van der Waals surface area contributed by atoms with E-state index in [0.29, 0.717) is 28.6 Å². The number of carbonyl (C=O) groups excluding carboxylic acids is 1. The molecule has 0 saturated heterocycles. The lowest BCUT2D eigenvalue weighted by molar-refractivity contribution is 0.102. The zero-order valence-electron chi connectivity index (χ0n) is 11.1. The lowest BCUT2D eigenvalue weighted by Crippen LogP contribution is -2.13. The average molecular weight is 434 g/mol. The maximum atomic E-state index is 12.4. The molecule has 3 nitrogen and oxygen atoms in total. The van der Waals surface area contributed by atoms with Gasteiger partial charge in [-0.15, -0.1) is 0 Å². The van der Waals surface area contributed by atoms with Crippen molar-refractivity contribution in [2.24, 2.45) is 0 Å². The SMILES string of the molecule is CCOc1ccc(Br)cc1C(=O)Nc1ccc(Br)c(Cl)c1. The molecule has 21 heavy (non-hydrogen) atoms. The van der Waals surface area contributed by atoms with E-state index in [1.165, 1.54) is 0 Å². The van der Waals surface area contributed by atoms with Crippen LogP contribution in [0.25, 0.3) is 0 Å². The summed E-state index contributed by atoms with van der Waals surface area (Å²) >= 11 is 12.7. The van der Waals surface area contributed by atoms with Crippen molar-refractivity contribution < 1.29 is 9.53 Å². The van der Waals surface area contributed by atoms with Gasteiger partial charge in [0.25, 0.3) is 5.91 Å². The maximum Gasteiger partial charge on any atom is 0.259 e. The third-order valence-electron chi connectivity index (χ3n) is 2.66. The molecule has 0 aliphatic rings. The number of rotatable bonds is 4. The molecule has 2 aromatic rings. The summed E-state index contributed by atoms with van der Waals surface area (Å²) in [6.45, 7) is 2.37. The number of anilines is 1. The molecule has 0 spiro atoms. The lowest BCUT2D eigenvalue weighted by atomic mass is 10.2. The minimum atomic E-state index is -0.252. The van der Waals surface area contributed by atoms with Gasteiger partial charge in [0.15, 0.2) is 0 Å². The van der Waals surface area contributed by atoms with Gasteiger partial charge in [-0.05, 0) is 59.3 Å². The van der Waals surface area contributed by atoms with Crippen LogP contribution < -0.4 is 10.1 Å². The zero-order chi connectivity index (χ0) is 15.4. The minimum absolute atomic E-state index is 0.252. The largest absolute Gasteiger partial charge is 0.493 e. The third kappa shape index (κ3) is 4.22. The fourth-order valence-electron chi connectivity index (χ4n) is 1.73. The molecule has 0 saturated carbocycles. The number of benzene rings is 2. The second kappa shape index (κ2) is 7.29. The third-order valence-corrected chi connectivity index (χ3v) is 4.39. The van der Waals surface area contributed by atoms with Crippen LogP contribution in [0.2, 0.25) is 5.02 Å². The summed E-state index contributed by atoms with van der Waals surface area (Å²) in [6.07, 6.45) is 0. The van der Waals surface area contributed by atoms with E-state index in [0.717, 1.165) is 8.95 Å². The average Bonchev–Trinajstić information content (AvgIpc) is 2.45. The Morgan fingerprint density at radius 1 is 1.24 bits per heavy atom. The fourth-order valence-corrected chi connectivity index (χ4v) is 2.52. The van der Waals surface area contributed by atoms with Crippen LogP contribution in [-0.2, 0) is 0 Å². The van der Waals surface area contributed by atoms with Crippen molar-refractivity contribution in [3.8, 4) is 5.75 Å². The van der Waals surface area contributed by atoms with Gasteiger partial charge in [-0.1, -0.05) is 27.5 Å². The molecule has 2 aromatic carbocycles. The maximum absolute atomic E-state index is 12.4. The Kier molecular flexibility index (Phi) is 5.67. The van der Waals surface area contributed by atoms with Gasteiger partial charge >= 0.3 is 0 Å². The van der Waals surface area contributed by atoms with Crippen LogP contribution in [0.3, 0.4) is 0 Å². The van der Waals surface area contributed by atoms with Gasteiger partial charge in [0.2, 0.25) is 0 Å². The van der Waals surface area contributed by atoms with Crippen molar-refractivity contribution in [3.05, 3.63) is 55.9 Å². The Morgan fingerprint density at radius 2 is 2.00 bits per heavy atom. The molecule has 0 radical (unpaired) electrons. The smallest absolute Gasteiger partial charge is 0.259 e. The normalized spacial score (nSPS) is 10.3. The molecule has 0 bridgehead atoms. The summed E-state index contributed by atoms with van der Waals surface area (Å²) < 4.78 is 7.07. The number of ether oxygens (including phenoxy) is 1. The van der Waals surface area contributed by atoms with Gasteiger partial charge in [0.05, 0.1) is 17.2 Å². The Morgan fingerprint density at radius 3 is 2.67 bits per heavy atom. The second-order valence-corrected chi connectivity index (χ2v) is 6.33. The molecular formula is C15H12Br2ClNO2. The highest BCUT2D eigenvalue weighted by Crippen LogP contribution is 2.27. The van der Waals surface area contributed by atoms with Crippen molar-refractivity contribution in [2.45, 2.75) is 6.92 Å². The number of hydrogen-bond acceptors (Lipinski definition) is 2. The highest BCUT2D eigenvalue weighted by molar-refractivity contribution is 9.10. The molecule has 0 unspecified atom stereocenters. The monoisotopic (exact) mass is 431 g/mol. The summed E-state index contributed by atoms with van der Waals surface area (Å²) in [7, 11) is 0. The molecule has 0 fully saturated rings. The summed E-state index contributed by atoms with van der Waals surface area (Å²) in [6, 6.07) is 10.5. The van der Waals surface area contributed by atoms with Gasteiger partial charge in [0, 0.05) is 14.6 Å². The highest BCUT2D eigenvalue weighted by Gasteiger charge is 2.14. The van der Waals surface area contributed by atoms with Gasteiger partial charge in [-0.25, -0.2) is 0 Å². The summed E-state index contributed by atoms with van der Waals surface area (Å²) in [4.78, 5) is 12.4. The molecule has 2 rings (SSSR count). The first-order valence-electron chi connectivity index (χ1n) is 6.20. The summed E-state index contributed by atoms with van der Waals surface area (Å²) in [5.74, 6) is 0.291. The lowest BCUT2D eigenvalue weighted by Gasteiger charge is -2.11. The number of hydrogen-bond donors (Lipinski definition) is 1. The van der Waals surface area contributed by atoms with E-state index >= 15 is 0 Å². The topological polar surface area (TPSA) is 38.3 Å². The molecule has 6 heteroatoms. The molecule has 0 aliphatic carbocycles. The highest BCUT2D eigenvalue weighted by atomic mass is 79.9. The van der Waals surface area contributed by atoms with Crippen LogP contribution in [0.15, 0.2) is 45.3 Å². The molecule has 0 atom stereocenters. The Labute approximate surface area is 144 Å². The number of carbonyl (C=O) groups is 1. The van der Waals surface area contributed by atoms with Crippen LogP contribution in [-0.4, -0.2) is 12.5 Å². The Balaban J connectivity index is 2.27. The predicted octanol–water partition coefficient (Wildman–Crippen LogP) is 5.52. The molecule has 110 valence electrons. The van der Waals surface area contributed by atoms with Gasteiger partial charge in [0.1, 0.15) is 5.75 Å². The van der Waals surface area contributed by atoms with E-state index in [1.807, 2.05) is 13.0 Å². The van der Waals surface area contributed by atoms with Crippen LogP contribution in [0.1, 0.15) is 17.3 Å². The first-order valence-corrected chi connectivity index (χ1v) is 8.16. The van der Waals surface area contributed by atoms with E-state index in [2.05, 4.69) is 37.2 Å². The van der Waals surface area contributed by atoms with Crippen molar-refractivity contribution in [1.29, 1.82) is 0 Å². The van der Waals surface area contributed by atoms with Crippen LogP contribution >= 0.6 is 43.5 Å². The van der Waals surface area contributed by atoms with Crippen LogP contribution in [0.5, 0.6) is 5.75 Å². The van der Waals surface area contributed by atoms with E-state index in [1.54, 1.807) is 30.3 Å². The first kappa shape index (κ1) is 16.3. The summed E-state index contributed by atoms with van der Waals surface area (Å²) in [5, 5.41) is 3.34. The molecular weight excluding hydrogens is 421 g/mol. The van der Waals surface area contributed by atoms with E-state index in [-0.39, 0.29) is 5.91 Å². The van der Waals surface area contributed by atoms with Crippen LogP contribution in [0.4, 0.5) is 5.69 Å². The number of halogens is 3. The number of amides is 1. The van der Waals surface area contributed by atoms with Gasteiger partial charge in [-0.3, -0.25) is 4.79 Å². The first-order chi connectivity index (χ1) is 10.0. The zero-order valence-corrected chi connectivity index (χ0v) is 15.0. The second-order valence-electron chi connectivity index (χ2n) is 4.16. The standard InChI is InChI=1S/C15H12Br2ClNO2/c1-2-21-14-6-3-9(16)7-11(14)15(20)19-10-4-5-12(17)13(18)8-10/h3-8H,2H2,1H3,(H,19,20). The number of nitrogens with one attached hydrogen (secondary N) is 1. The van der Waals surface area contributed by atoms with E-state index in [9.17, 15) is 4.79 Å². The van der Waals surface area contributed by atoms with Crippen molar-refractivity contribution in [3.63, 3.8) is 0 Å². The Hall–Kier alpha value is -1.04. The molecule has 0 aliphatic heterocycles. The molecule has 1 N–H and O–H groups in total. The van der Waals surface area contributed by atoms with E-state index < -0.39 is 0 Å². The quantitative estimate of drug-likeness (QED) is 0.690. The summed E-state index contributed by atoms with van der Waals surface area (Å²) in [5.41, 5.74) is 1.08. The molecule has 1 amide bonds. The van der Waals surface area contributed by atoms with Crippen molar-refractivity contribution >= 4 is 55.1 Å². The fraction of sp³-hybridized carbons (Fsp3) is 0.133. The van der Waals surface area contributed by atoms with E-state index in [4.69, 9.17) is 16.3 Å². The molecule has 0 aromatic heterocycles.